The van der Waals surface area contributed by atoms with E-state index in [4.69, 9.17) is 9.47 Å². The molecule has 0 spiro atoms. The zero-order valence-electron chi connectivity index (χ0n) is 19.5. The lowest BCUT2D eigenvalue weighted by Gasteiger charge is -2.13. The minimum absolute atomic E-state index is 0.103. The molecule has 2 aromatic heterocycles. The number of anilines is 1. The summed E-state index contributed by atoms with van der Waals surface area (Å²) in [5.41, 5.74) is 3.93. The van der Waals surface area contributed by atoms with Gasteiger partial charge < -0.3 is 14.8 Å². The minimum atomic E-state index is -0.206. The summed E-state index contributed by atoms with van der Waals surface area (Å²) in [4.78, 5) is 26.2. The van der Waals surface area contributed by atoms with Crippen molar-refractivity contribution in [3.8, 4) is 17.2 Å². The minimum Gasteiger partial charge on any atom is -0.454 e. The SMILES string of the molecule is Cc1ccc(-n2c(=O)c3ccccc3n3c(SCC(=O)Nc4ccc5c(c4)OCO5)nnc23)c(C)c1. The molecule has 0 bridgehead atoms. The van der Waals surface area contributed by atoms with Gasteiger partial charge in [0.25, 0.3) is 5.56 Å². The van der Waals surface area contributed by atoms with Crippen LogP contribution in [0.15, 0.2) is 70.6 Å². The standard InChI is InChI=1S/C26H21N5O4S/c1-15-7-9-19(16(2)11-15)30-24(33)18-5-3-4-6-20(18)31-25(30)28-29-26(31)36-13-23(32)27-17-8-10-21-22(12-17)35-14-34-21/h3-12H,13-14H2,1-2H3,(H,27,32). The van der Waals surface area contributed by atoms with Gasteiger partial charge in [-0.15, -0.1) is 10.2 Å². The topological polar surface area (TPSA) is 99.8 Å². The van der Waals surface area contributed by atoms with Crippen LogP contribution in [0.3, 0.4) is 0 Å². The molecule has 0 radical (unpaired) electrons. The van der Waals surface area contributed by atoms with Gasteiger partial charge in [0.2, 0.25) is 18.5 Å². The van der Waals surface area contributed by atoms with E-state index in [1.54, 1.807) is 28.8 Å². The zero-order chi connectivity index (χ0) is 24.8. The molecule has 0 fully saturated rings. The summed E-state index contributed by atoms with van der Waals surface area (Å²) >= 11 is 1.25. The summed E-state index contributed by atoms with van der Waals surface area (Å²) in [6.07, 6.45) is 0. The van der Waals surface area contributed by atoms with Crippen molar-refractivity contribution in [1.29, 1.82) is 0 Å². The molecule has 3 heterocycles. The van der Waals surface area contributed by atoms with Gasteiger partial charge in [-0.05, 0) is 49.7 Å². The number of aromatic nitrogens is 4. The predicted octanol–water partition coefficient (Wildman–Crippen LogP) is 4.11. The van der Waals surface area contributed by atoms with Gasteiger partial charge >= 0.3 is 0 Å². The maximum atomic E-state index is 13.5. The largest absolute Gasteiger partial charge is 0.454 e. The van der Waals surface area contributed by atoms with Gasteiger partial charge in [-0.3, -0.25) is 14.0 Å². The molecule has 1 N–H and O–H groups in total. The second kappa shape index (κ2) is 8.72. The number of thioether (sulfide) groups is 1. The van der Waals surface area contributed by atoms with Crippen LogP contribution in [-0.2, 0) is 4.79 Å². The van der Waals surface area contributed by atoms with Crippen molar-refractivity contribution >= 4 is 40.0 Å². The molecule has 3 aromatic carbocycles. The van der Waals surface area contributed by atoms with Crippen LogP contribution in [0.5, 0.6) is 11.5 Å². The van der Waals surface area contributed by atoms with E-state index >= 15 is 0 Å². The molecule has 180 valence electrons. The first-order valence-corrected chi connectivity index (χ1v) is 12.3. The van der Waals surface area contributed by atoms with Crippen molar-refractivity contribution in [2.75, 3.05) is 17.9 Å². The van der Waals surface area contributed by atoms with Crippen LogP contribution < -0.4 is 20.3 Å². The summed E-state index contributed by atoms with van der Waals surface area (Å²) in [5.74, 6) is 1.54. The number of benzene rings is 3. The van der Waals surface area contributed by atoms with Crippen molar-refractivity contribution in [1.82, 2.24) is 19.2 Å². The van der Waals surface area contributed by atoms with Crippen LogP contribution in [0.2, 0.25) is 0 Å². The zero-order valence-corrected chi connectivity index (χ0v) is 20.3. The Morgan fingerprint density at radius 3 is 2.72 bits per heavy atom. The molecule has 0 saturated heterocycles. The third kappa shape index (κ3) is 3.75. The van der Waals surface area contributed by atoms with E-state index in [-0.39, 0.29) is 24.0 Å². The van der Waals surface area contributed by atoms with Crippen LogP contribution >= 0.6 is 11.8 Å². The van der Waals surface area contributed by atoms with Crippen LogP contribution in [0.1, 0.15) is 11.1 Å². The average molecular weight is 500 g/mol. The fourth-order valence-electron chi connectivity index (χ4n) is 4.35. The van der Waals surface area contributed by atoms with Gasteiger partial charge in [0, 0.05) is 11.8 Å². The summed E-state index contributed by atoms with van der Waals surface area (Å²) in [7, 11) is 0. The number of fused-ring (bicyclic) bond motifs is 4. The van der Waals surface area contributed by atoms with Crippen molar-refractivity contribution in [3.63, 3.8) is 0 Å². The Hall–Kier alpha value is -4.31. The number of rotatable bonds is 5. The maximum absolute atomic E-state index is 13.5. The van der Waals surface area contributed by atoms with Crippen molar-refractivity contribution in [3.05, 3.63) is 82.1 Å². The van der Waals surface area contributed by atoms with Crippen LogP contribution in [0.4, 0.5) is 5.69 Å². The van der Waals surface area contributed by atoms with Crippen LogP contribution in [0, 0.1) is 13.8 Å². The predicted molar refractivity (Wildman–Crippen MR) is 137 cm³/mol. The molecule has 0 aliphatic carbocycles. The Morgan fingerprint density at radius 1 is 1.03 bits per heavy atom. The van der Waals surface area contributed by atoms with E-state index in [1.807, 2.05) is 54.6 Å². The first-order chi connectivity index (χ1) is 17.5. The summed E-state index contributed by atoms with van der Waals surface area (Å²) < 4.78 is 14.1. The average Bonchev–Trinajstić information content (AvgIpc) is 3.51. The van der Waals surface area contributed by atoms with E-state index in [2.05, 4.69) is 15.5 Å². The molecular formula is C26H21N5O4S. The highest BCUT2D eigenvalue weighted by molar-refractivity contribution is 7.99. The third-order valence-electron chi connectivity index (χ3n) is 5.98. The molecule has 0 saturated carbocycles. The van der Waals surface area contributed by atoms with Gasteiger partial charge in [0.15, 0.2) is 16.7 Å². The van der Waals surface area contributed by atoms with Gasteiger partial charge in [0.1, 0.15) is 0 Å². The molecule has 10 heteroatoms. The molecule has 36 heavy (non-hydrogen) atoms. The number of carbonyl (C=O) groups is 1. The Labute approximate surface area is 209 Å². The number of ether oxygens (including phenoxy) is 2. The van der Waals surface area contributed by atoms with Crippen LogP contribution in [-0.4, -0.2) is 37.6 Å². The number of hydrogen-bond donors (Lipinski definition) is 1. The number of aryl methyl sites for hydroxylation is 2. The lowest BCUT2D eigenvalue weighted by atomic mass is 10.1. The number of amides is 1. The van der Waals surface area contributed by atoms with Gasteiger partial charge in [0.05, 0.1) is 22.3 Å². The number of para-hydroxylation sites is 1. The van der Waals surface area contributed by atoms with E-state index < -0.39 is 0 Å². The van der Waals surface area contributed by atoms with Gasteiger partial charge in [-0.2, -0.15) is 0 Å². The summed E-state index contributed by atoms with van der Waals surface area (Å²) in [6.45, 7) is 4.15. The summed E-state index contributed by atoms with van der Waals surface area (Å²) in [5, 5.41) is 12.6. The highest BCUT2D eigenvalue weighted by Gasteiger charge is 2.20. The molecule has 0 atom stereocenters. The van der Waals surface area contributed by atoms with Crippen molar-refractivity contribution in [2.45, 2.75) is 19.0 Å². The first kappa shape index (κ1) is 22.2. The molecular weight excluding hydrogens is 478 g/mol. The second-order valence-corrected chi connectivity index (χ2v) is 9.41. The summed E-state index contributed by atoms with van der Waals surface area (Å²) in [6, 6.07) is 18.5. The van der Waals surface area contributed by atoms with Crippen molar-refractivity contribution < 1.29 is 14.3 Å². The molecule has 1 amide bonds. The van der Waals surface area contributed by atoms with Crippen molar-refractivity contribution in [2.24, 2.45) is 0 Å². The smallest absolute Gasteiger partial charge is 0.267 e. The van der Waals surface area contributed by atoms with E-state index in [0.29, 0.717) is 39.0 Å². The molecule has 1 aliphatic heterocycles. The fourth-order valence-corrected chi connectivity index (χ4v) is 5.09. The van der Waals surface area contributed by atoms with Crippen LogP contribution in [0.25, 0.3) is 22.4 Å². The maximum Gasteiger partial charge on any atom is 0.267 e. The van der Waals surface area contributed by atoms with E-state index in [0.717, 1.165) is 16.8 Å². The monoisotopic (exact) mass is 499 g/mol. The Balaban J connectivity index is 1.36. The number of carbonyl (C=O) groups excluding carboxylic acids is 1. The third-order valence-corrected chi connectivity index (χ3v) is 6.91. The lowest BCUT2D eigenvalue weighted by molar-refractivity contribution is -0.113. The van der Waals surface area contributed by atoms with E-state index in [1.165, 1.54) is 11.8 Å². The molecule has 9 nitrogen and oxygen atoms in total. The Morgan fingerprint density at radius 2 is 1.86 bits per heavy atom. The molecule has 5 aromatic rings. The van der Waals surface area contributed by atoms with Gasteiger partial charge in [-0.25, -0.2) is 4.57 Å². The second-order valence-electron chi connectivity index (χ2n) is 8.47. The normalized spacial score (nSPS) is 12.4. The molecule has 1 aliphatic rings. The molecule has 6 rings (SSSR count). The lowest BCUT2D eigenvalue weighted by Crippen LogP contribution is -2.22. The molecule has 0 unspecified atom stereocenters. The number of nitrogens with zero attached hydrogens (tertiary/aromatic N) is 4. The number of hydrogen-bond acceptors (Lipinski definition) is 7. The number of nitrogens with one attached hydrogen (secondary N) is 1. The van der Waals surface area contributed by atoms with Gasteiger partial charge in [-0.1, -0.05) is 41.6 Å². The Kier molecular flexibility index (Phi) is 5.37. The fraction of sp³-hybridized carbons (Fsp3) is 0.154. The Bertz CT molecular complexity index is 1730. The highest BCUT2D eigenvalue weighted by Crippen LogP contribution is 2.34. The quantitative estimate of drug-likeness (QED) is 0.363. The highest BCUT2D eigenvalue weighted by atomic mass is 32.2. The first-order valence-electron chi connectivity index (χ1n) is 11.3. The van der Waals surface area contributed by atoms with E-state index in [9.17, 15) is 9.59 Å².